The van der Waals surface area contributed by atoms with Gasteiger partial charge in [0.15, 0.2) is 11.5 Å². The van der Waals surface area contributed by atoms with E-state index in [1.165, 1.54) is 0 Å². The van der Waals surface area contributed by atoms with Gasteiger partial charge in [0.25, 0.3) is 5.91 Å². The van der Waals surface area contributed by atoms with E-state index in [0.717, 1.165) is 35.1 Å². The molecule has 204 valence electrons. The first-order valence-corrected chi connectivity index (χ1v) is 13.4. The molecule has 0 radical (unpaired) electrons. The maximum Gasteiger partial charge on any atom is 0.273 e. The fraction of sp³-hybridized carbons (Fsp3) is 0.467. The Hall–Kier alpha value is -3.52. The standard InChI is InChI=1S/C30H39N3O5/c1-7-8-13-38-23-11-10-21(17-24(23)36-6)29-26-27(25-20(5)15-19(4)16-22(25)34)31-32-28(26)30(35)33(29)12-9-14-37-18(2)3/h10-11,15-18,29,34H,7-9,12-14H2,1-6H3,(H,31,32). The van der Waals surface area contributed by atoms with Crippen molar-refractivity contribution >= 4 is 5.91 Å². The van der Waals surface area contributed by atoms with Gasteiger partial charge in [0, 0.05) is 24.3 Å². The number of benzene rings is 2. The van der Waals surface area contributed by atoms with Gasteiger partial charge < -0.3 is 24.2 Å². The molecule has 2 heterocycles. The zero-order valence-corrected chi connectivity index (χ0v) is 23.3. The van der Waals surface area contributed by atoms with Gasteiger partial charge in [-0.3, -0.25) is 9.89 Å². The topological polar surface area (TPSA) is 96.9 Å². The van der Waals surface area contributed by atoms with Gasteiger partial charge in [-0.15, -0.1) is 0 Å². The average Bonchev–Trinajstić information content (AvgIpc) is 3.40. The number of hydrogen-bond acceptors (Lipinski definition) is 6. The van der Waals surface area contributed by atoms with Gasteiger partial charge >= 0.3 is 0 Å². The molecule has 0 spiro atoms. The van der Waals surface area contributed by atoms with Crippen molar-refractivity contribution in [2.45, 2.75) is 66.0 Å². The number of aromatic hydroxyl groups is 1. The third-order valence-corrected chi connectivity index (χ3v) is 6.81. The third-order valence-electron chi connectivity index (χ3n) is 6.81. The fourth-order valence-corrected chi connectivity index (χ4v) is 5.07. The number of phenolic OH excluding ortho intramolecular Hbond substituents is 1. The summed E-state index contributed by atoms with van der Waals surface area (Å²) in [6.07, 6.45) is 2.81. The lowest BCUT2D eigenvalue weighted by Crippen LogP contribution is -2.31. The number of carbonyl (C=O) groups excluding carboxylic acids is 1. The number of nitrogens with zero attached hydrogens (tertiary/aromatic N) is 2. The van der Waals surface area contributed by atoms with Crippen molar-refractivity contribution in [1.82, 2.24) is 15.1 Å². The zero-order chi connectivity index (χ0) is 27.4. The highest BCUT2D eigenvalue weighted by atomic mass is 16.5. The third kappa shape index (κ3) is 5.50. The molecule has 38 heavy (non-hydrogen) atoms. The summed E-state index contributed by atoms with van der Waals surface area (Å²) in [6.45, 7) is 11.7. The molecule has 8 nitrogen and oxygen atoms in total. The van der Waals surface area contributed by atoms with E-state index in [1.807, 2.05) is 56.9 Å². The molecular formula is C30H39N3O5. The Morgan fingerprint density at radius 2 is 1.89 bits per heavy atom. The second-order valence-corrected chi connectivity index (χ2v) is 10.1. The van der Waals surface area contributed by atoms with E-state index >= 15 is 0 Å². The van der Waals surface area contributed by atoms with Gasteiger partial charge in [-0.25, -0.2) is 0 Å². The number of methoxy groups -OCH3 is 1. The molecule has 0 bridgehead atoms. The summed E-state index contributed by atoms with van der Waals surface area (Å²) in [5, 5.41) is 18.4. The number of aromatic nitrogens is 2. The lowest BCUT2D eigenvalue weighted by Gasteiger charge is -2.27. The predicted octanol–water partition coefficient (Wildman–Crippen LogP) is 5.95. The highest BCUT2D eigenvalue weighted by molar-refractivity contribution is 6.00. The second-order valence-electron chi connectivity index (χ2n) is 10.1. The molecule has 1 amide bonds. The SMILES string of the molecule is CCCCOc1ccc(C2c3c(-c4c(C)cc(C)cc4O)n[nH]c3C(=O)N2CCCOC(C)C)cc1OC. The Kier molecular flexibility index (Phi) is 8.62. The molecule has 1 atom stereocenters. The van der Waals surface area contributed by atoms with E-state index in [4.69, 9.17) is 14.2 Å². The minimum atomic E-state index is -0.413. The van der Waals surface area contributed by atoms with Gasteiger partial charge in [0.2, 0.25) is 0 Å². The molecule has 2 N–H and O–H groups in total. The monoisotopic (exact) mass is 521 g/mol. The summed E-state index contributed by atoms with van der Waals surface area (Å²) in [4.78, 5) is 15.5. The van der Waals surface area contributed by atoms with Gasteiger partial charge in [0.05, 0.1) is 25.9 Å². The van der Waals surface area contributed by atoms with Crippen LogP contribution in [0.15, 0.2) is 30.3 Å². The van der Waals surface area contributed by atoms with Crippen molar-refractivity contribution < 1.29 is 24.1 Å². The van der Waals surface area contributed by atoms with Crippen LogP contribution >= 0.6 is 0 Å². The lowest BCUT2D eigenvalue weighted by molar-refractivity contribution is 0.0601. The van der Waals surface area contributed by atoms with Crippen LogP contribution < -0.4 is 9.47 Å². The van der Waals surface area contributed by atoms with Gasteiger partial charge in [-0.2, -0.15) is 5.10 Å². The fourth-order valence-electron chi connectivity index (χ4n) is 5.07. The molecule has 3 aromatic rings. The van der Waals surface area contributed by atoms with Crippen LogP contribution in [-0.2, 0) is 4.74 Å². The highest BCUT2D eigenvalue weighted by Crippen LogP contribution is 2.46. The van der Waals surface area contributed by atoms with Crippen molar-refractivity contribution in [2.24, 2.45) is 0 Å². The van der Waals surface area contributed by atoms with Crippen molar-refractivity contribution in [2.75, 3.05) is 26.9 Å². The number of unbranched alkanes of at least 4 members (excludes halogenated alkanes) is 1. The van der Waals surface area contributed by atoms with E-state index in [1.54, 1.807) is 13.2 Å². The van der Waals surface area contributed by atoms with Crippen LogP contribution in [0, 0.1) is 13.8 Å². The number of carbonyl (C=O) groups is 1. The summed E-state index contributed by atoms with van der Waals surface area (Å²) in [6, 6.07) is 9.14. The summed E-state index contributed by atoms with van der Waals surface area (Å²) in [5.74, 6) is 1.30. The number of ether oxygens (including phenoxy) is 3. The summed E-state index contributed by atoms with van der Waals surface area (Å²) < 4.78 is 17.4. The first kappa shape index (κ1) is 27.5. The lowest BCUT2D eigenvalue weighted by atomic mass is 9.93. The Balaban J connectivity index is 1.79. The highest BCUT2D eigenvalue weighted by Gasteiger charge is 2.42. The molecule has 0 aliphatic carbocycles. The van der Waals surface area contributed by atoms with Crippen molar-refractivity contribution in [1.29, 1.82) is 0 Å². The number of rotatable bonds is 12. The van der Waals surface area contributed by atoms with E-state index in [-0.39, 0.29) is 17.8 Å². The van der Waals surface area contributed by atoms with Crippen LogP contribution in [0.2, 0.25) is 0 Å². The summed E-state index contributed by atoms with van der Waals surface area (Å²) >= 11 is 0. The number of aromatic amines is 1. The zero-order valence-electron chi connectivity index (χ0n) is 23.3. The molecule has 4 rings (SSSR count). The molecule has 1 unspecified atom stereocenters. The smallest absolute Gasteiger partial charge is 0.273 e. The van der Waals surface area contributed by atoms with Crippen LogP contribution in [0.4, 0.5) is 0 Å². The van der Waals surface area contributed by atoms with E-state index < -0.39 is 6.04 Å². The van der Waals surface area contributed by atoms with Crippen molar-refractivity contribution in [3.8, 4) is 28.5 Å². The summed E-state index contributed by atoms with van der Waals surface area (Å²) in [7, 11) is 1.62. The van der Waals surface area contributed by atoms with E-state index in [0.29, 0.717) is 54.6 Å². The first-order valence-electron chi connectivity index (χ1n) is 13.4. The summed E-state index contributed by atoms with van der Waals surface area (Å²) in [5.41, 5.74) is 5.13. The van der Waals surface area contributed by atoms with E-state index in [2.05, 4.69) is 17.1 Å². The minimum absolute atomic E-state index is 0.125. The molecule has 8 heteroatoms. The molecule has 1 aliphatic rings. The molecule has 0 saturated carbocycles. The quantitative estimate of drug-likeness (QED) is 0.286. The molecule has 0 fully saturated rings. The van der Waals surface area contributed by atoms with Crippen molar-refractivity contribution in [3.05, 3.63) is 58.3 Å². The van der Waals surface area contributed by atoms with E-state index in [9.17, 15) is 9.90 Å². The Bertz CT molecular complexity index is 1260. The molecular weight excluding hydrogens is 482 g/mol. The Morgan fingerprint density at radius 3 is 2.58 bits per heavy atom. The molecule has 1 aromatic heterocycles. The van der Waals surface area contributed by atoms with Gasteiger partial charge in [-0.05, 0) is 75.4 Å². The molecule has 0 saturated heterocycles. The number of nitrogens with one attached hydrogen (secondary N) is 1. The normalized spacial score (nSPS) is 14.9. The Morgan fingerprint density at radius 1 is 1.11 bits per heavy atom. The van der Waals surface area contributed by atoms with Crippen molar-refractivity contribution in [3.63, 3.8) is 0 Å². The Labute approximate surface area is 224 Å². The van der Waals surface area contributed by atoms with Crippen LogP contribution in [-0.4, -0.2) is 59.1 Å². The maximum absolute atomic E-state index is 13.7. The number of hydrogen-bond donors (Lipinski definition) is 2. The number of H-pyrrole nitrogens is 1. The number of amides is 1. The predicted molar refractivity (Wildman–Crippen MR) is 147 cm³/mol. The van der Waals surface area contributed by atoms with Crippen LogP contribution in [0.3, 0.4) is 0 Å². The average molecular weight is 522 g/mol. The van der Waals surface area contributed by atoms with Gasteiger partial charge in [-0.1, -0.05) is 25.5 Å². The number of aryl methyl sites for hydroxylation is 2. The maximum atomic E-state index is 13.7. The van der Waals surface area contributed by atoms with Crippen LogP contribution in [0.25, 0.3) is 11.3 Å². The minimum Gasteiger partial charge on any atom is -0.507 e. The first-order chi connectivity index (χ1) is 18.3. The van der Waals surface area contributed by atoms with Gasteiger partial charge in [0.1, 0.15) is 17.1 Å². The molecule has 2 aromatic carbocycles. The van der Waals surface area contributed by atoms with Crippen LogP contribution in [0.1, 0.15) is 78.8 Å². The number of fused-ring (bicyclic) bond motifs is 1. The number of phenols is 1. The second kappa shape index (κ2) is 11.9. The van der Waals surface area contributed by atoms with Crippen LogP contribution in [0.5, 0.6) is 17.2 Å². The largest absolute Gasteiger partial charge is 0.507 e. The molecule has 1 aliphatic heterocycles.